The van der Waals surface area contributed by atoms with Crippen LogP contribution in [0.3, 0.4) is 0 Å². The zero-order valence-electron chi connectivity index (χ0n) is 11.9. The normalized spacial score (nSPS) is 11.5. The second kappa shape index (κ2) is 5.26. The van der Waals surface area contributed by atoms with Crippen LogP contribution in [0.4, 0.5) is 5.69 Å². The predicted molar refractivity (Wildman–Crippen MR) is 78.1 cm³/mol. The van der Waals surface area contributed by atoms with E-state index < -0.39 is 10.0 Å². The molecule has 0 saturated carbocycles. The van der Waals surface area contributed by atoms with Crippen LogP contribution in [0.15, 0.2) is 46.4 Å². The summed E-state index contributed by atoms with van der Waals surface area (Å²) in [5, 5.41) is 4.04. The topological polar surface area (TPSA) is 103 Å². The average Bonchev–Trinajstić information content (AvgIpc) is 3.09. The number of sulfonamides is 1. The number of nitrogens with zero attached hydrogens (tertiary/aromatic N) is 4. The molecule has 1 N–H and O–H groups in total. The summed E-state index contributed by atoms with van der Waals surface area (Å²) in [6.07, 6.45) is 5.93. The molecular weight excluding hydrogens is 306 g/mol. The van der Waals surface area contributed by atoms with Crippen molar-refractivity contribution >= 4 is 15.7 Å². The third kappa shape index (κ3) is 2.58. The lowest BCUT2D eigenvalue weighted by atomic mass is 10.4. The van der Waals surface area contributed by atoms with Crippen LogP contribution >= 0.6 is 0 Å². The first kappa shape index (κ1) is 14.3. The first-order valence-electron chi connectivity index (χ1n) is 6.37. The van der Waals surface area contributed by atoms with Crippen molar-refractivity contribution < 1.29 is 12.8 Å². The van der Waals surface area contributed by atoms with Crippen LogP contribution < -0.4 is 4.72 Å². The molecule has 0 atom stereocenters. The van der Waals surface area contributed by atoms with E-state index in [0.717, 1.165) is 0 Å². The highest BCUT2D eigenvalue weighted by atomic mass is 32.2. The monoisotopic (exact) mass is 319 g/mol. The zero-order valence-corrected chi connectivity index (χ0v) is 12.7. The van der Waals surface area contributed by atoms with E-state index in [0.29, 0.717) is 17.3 Å². The molecule has 3 aromatic heterocycles. The summed E-state index contributed by atoms with van der Waals surface area (Å²) in [4.78, 5) is 8.01. The molecule has 0 aliphatic heterocycles. The van der Waals surface area contributed by atoms with Crippen LogP contribution in [0.5, 0.6) is 0 Å². The van der Waals surface area contributed by atoms with E-state index in [2.05, 4.69) is 19.8 Å². The Hall–Kier alpha value is -2.68. The molecule has 0 aliphatic rings. The Kier molecular flexibility index (Phi) is 3.41. The minimum Gasteiger partial charge on any atom is -0.465 e. The second-order valence-electron chi connectivity index (χ2n) is 4.59. The SMILES string of the molecule is Cc1cc(S(=O)(=O)Nc2cncnc2-n2cccn2)c(C)o1. The molecule has 3 aromatic rings. The smallest absolute Gasteiger partial charge is 0.265 e. The van der Waals surface area contributed by atoms with Crippen LogP contribution in [-0.4, -0.2) is 28.2 Å². The lowest BCUT2D eigenvalue weighted by Crippen LogP contribution is -2.16. The molecule has 114 valence electrons. The molecular formula is C13H13N5O3S. The van der Waals surface area contributed by atoms with Gasteiger partial charge in [0, 0.05) is 18.5 Å². The molecule has 9 heteroatoms. The Balaban J connectivity index is 2.02. The minimum atomic E-state index is -3.80. The Bertz CT molecular complexity index is 900. The van der Waals surface area contributed by atoms with Crippen molar-refractivity contribution in [3.05, 3.63) is 48.6 Å². The van der Waals surface area contributed by atoms with Gasteiger partial charge in [-0.25, -0.2) is 23.1 Å². The fourth-order valence-corrected chi connectivity index (χ4v) is 3.33. The van der Waals surface area contributed by atoms with Crippen molar-refractivity contribution in [3.63, 3.8) is 0 Å². The molecule has 0 bridgehead atoms. The van der Waals surface area contributed by atoms with Gasteiger partial charge in [-0.2, -0.15) is 5.10 Å². The van der Waals surface area contributed by atoms with Gasteiger partial charge in [-0.3, -0.25) is 4.72 Å². The number of nitrogens with one attached hydrogen (secondary N) is 1. The number of aromatic nitrogens is 4. The molecule has 3 heterocycles. The van der Waals surface area contributed by atoms with Crippen molar-refractivity contribution in [2.24, 2.45) is 0 Å². The molecule has 0 fully saturated rings. The molecule has 0 spiro atoms. The number of rotatable bonds is 4. The highest BCUT2D eigenvalue weighted by Gasteiger charge is 2.22. The van der Waals surface area contributed by atoms with Crippen LogP contribution in [0.25, 0.3) is 5.82 Å². The van der Waals surface area contributed by atoms with Crippen molar-refractivity contribution in [1.29, 1.82) is 0 Å². The summed E-state index contributed by atoms with van der Waals surface area (Å²) in [6, 6.07) is 3.18. The number of hydrogen-bond acceptors (Lipinski definition) is 6. The van der Waals surface area contributed by atoms with Gasteiger partial charge >= 0.3 is 0 Å². The summed E-state index contributed by atoms with van der Waals surface area (Å²) in [7, 11) is -3.80. The van der Waals surface area contributed by atoms with E-state index in [1.165, 1.54) is 23.3 Å². The van der Waals surface area contributed by atoms with Crippen molar-refractivity contribution in [3.8, 4) is 5.82 Å². The summed E-state index contributed by atoms with van der Waals surface area (Å²) >= 11 is 0. The maximum absolute atomic E-state index is 12.5. The van der Waals surface area contributed by atoms with Gasteiger partial charge in [0.05, 0.1) is 6.20 Å². The molecule has 0 unspecified atom stereocenters. The highest BCUT2D eigenvalue weighted by molar-refractivity contribution is 7.92. The van der Waals surface area contributed by atoms with Crippen molar-refractivity contribution in [2.75, 3.05) is 4.72 Å². The van der Waals surface area contributed by atoms with Gasteiger partial charge in [0.15, 0.2) is 5.82 Å². The van der Waals surface area contributed by atoms with E-state index in [9.17, 15) is 8.42 Å². The van der Waals surface area contributed by atoms with Crippen molar-refractivity contribution in [1.82, 2.24) is 19.7 Å². The lowest BCUT2D eigenvalue weighted by Gasteiger charge is -2.10. The summed E-state index contributed by atoms with van der Waals surface area (Å²) < 4.78 is 34.2. The highest BCUT2D eigenvalue weighted by Crippen LogP contribution is 2.24. The fraction of sp³-hybridized carbons (Fsp3) is 0.154. The van der Waals surface area contributed by atoms with Crippen LogP contribution in [-0.2, 0) is 10.0 Å². The van der Waals surface area contributed by atoms with Crippen molar-refractivity contribution in [2.45, 2.75) is 18.7 Å². The number of furan rings is 1. The number of anilines is 1. The van der Waals surface area contributed by atoms with E-state index in [1.54, 1.807) is 32.3 Å². The summed E-state index contributed by atoms with van der Waals surface area (Å²) in [5.74, 6) is 1.18. The molecule has 0 amide bonds. The average molecular weight is 319 g/mol. The first-order valence-corrected chi connectivity index (χ1v) is 7.85. The molecule has 0 saturated heterocycles. The summed E-state index contributed by atoms with van der Waals surface area (Å²) in [5.41, 5.74) is 0.226. The number of hydrogen-bond donors (Lipinski definition) is 1. The molecule has 3 rings (SSSR count). The van der Waals surface area contributed by atoms with Gasteiger partial charge in [-0.05, 0) is 19.9 Å². The molecule has 22 heavy (non-hydrogen) atoms. The maximum Gasteiger partial charge on any atom is 0.265 e. The van der Waals surface area contributed by atoms with E-state index in [4.69, 9.17) is 4.42 Å². The molecule has 0 radical (unpaired) electrons. The third-order valence-electron chi connectivity index (χ3n) is 2.94. The quantitative estimate of drug-likeness (QED) is 0.784. The zero-order chi connectivity index (χ0) is 15.7. The Labute approximate surface area is 126 Å². The van der Waals surface area contributed by atoms with Gasteiger partial charge in [0.2, 0.25) is 0 Å². The predicted octanol–water partition coefficient (Wildman–Crippen LogP) is 1.67. The van der Waals surface area contributed by atoms with Gasteiger partial charge in [-0.1, -0.05) is 0 Å². The molecule has 0 aromatic carbocycles. The van der Waals surface area contributed by atoms with Gasteiger partial charge in [0.25, 0.3) is 10.0 Å². The molecule has 8 nitrogen and oxygen atoms in total. The van der Waals surface area contributed by atoms with E-state index in [1.807, 2.05) is 0 Å². The van der Waals surface area contributed by atoms with Crippen LogP contribution in [0.1, 0.15) is 11.5 Å². The second-order valence-corrected chi connectivity index (χ2v) is 6.24. The van der Waals surface area contributed by atoms with Gasteiger partial charge in [0.1, 0.15) is 28.4 Å². The van der Waals surface area contributed by atoms with E-state index in [-0.39, 0.29) is 10.6 Å². The standard InChI is InChI=1S/C13H13N5O3S/c1-9-6-12(10(2)21-9)22(19,20)17-11-7-14-8-15-13(11)18-5-3-4-16-18/h3-8,17H,1-2H3. The maximum atomic E-state index is 12.5. The summed E-state index contributed by atoms with van der Waals surface area (Å²) in [6.45, 7) is 3.28. The van der Waals surface area contributed by atoms with Gasteiger partial charge in [-0.15, -0.1) is 0 Å². The lowest BCUT2D eigenvalue weighted by molar-refractivity contribution is 0.496. The van der Waals surface area contributed by atoms with Gasteiger partial charge < -0.3 is 4.42 Å². The van der Waals surface area contributed by atoms with Crippen LogP contribution in [0, 0.1) is 13.8 Å². The van der Waals surface area contributed by atoms with Crippen LogP contribution in [0.2, 0.25) is 0 Å². The third-order valence-corrected chi connectivity index (χ3v) is 4.41. The first-order chi connectivity index (χ1) is 10.5. The largest absolute Gasteiger partial charge is 0.465 e. The Morgan fingerprint density at radius 1 is 1.32 bits per heavy atom. The minimum absolute atomic E-state index is 0.0836. The number of aryl methyl sites for hydroxylation is 2. The molecule has 0 aliphatic carbocycles. The Morgan fingerprint density at radius 2 is 2.14 bits per heavy atom. The fourth-order valence-electron chi connectivity index (χ4n) is 2.05. The Morgan fingerprint density at radius 3 is 2.77 bits per heavy atom. The van der Waals surface area contributed by atoms with E-state index >= 15 is 0 Å².